The van der Waals surface area contributed by atoms with Gasteiger partial charge < -0.3 is 0 Å². The van der Waals surface area contributed by atoms with Crippen molar-refractivity contribution in [1.29, 1.82) is 0 Å². The summed E-state index contributed by atoms with van der Waals surface area (Å²) < 4.78 is 9.40. The molecule has 1 spiro atoms. The van der Waals surface area contributed by atoms with Crippen molar-refractivity contribution in [3.63, 3.8) is 0 Å². The average Bonchev–Trinajstić information content (AvgIpc) is 3.92. The summed E-state index contributed by atoms with van der Waals surface area (Å²) in [7, 11) is 0. The first kappa shape index (κ1) is 414. The Labute approximate surface area is 2470 Å². The third-order valence-electron chi connectivity index (χ3n) is 10.2. The molecule has 2 atom stereocenters. The topological polar surface area (TPSA) is 68.8 Å². The Morgan fingerprint density at radius 2 is 0.496 bits per heavy atom. The van der Waals surface area contributed by atoms with Crippen LogP contribution in [-0.2, 0) is 2260 Å². The smallest absolute Gasteiger partial charge is 0.280 e. The van der Waals surface area contributed by atoms with E-state index in [4.69, 9.17) is 15.0 Å². The van der Waals surface area contributed by atoms with Crippen molar-refractivity contribution in [2.45, 2.75) is 88.2 Å². The molecule has 77 heteroatoms. The minimum Gasteiger partial charge on any atom is -0.280 e. The Morgan fingerprint density at radius 1 is 0.256 bits per heavy atom. The fourth-order valence-electron chi connectivity index (χ4n) is 8.51. The van der Waals surface area contributed by atoms with Gasteiger partial charge in [-0.25, -0.2) is 9.56 Å². The van der Waals surface area contributed by atoms with E-state index >= 15 is 0 Å². The average molecular weight is 6820 g/mol. The van der Waals surface area contributed by atoms with Crippen molar-refractivity contribution in [2.75, 3.05) is 0 Å². The van der Waals surface area contributed by atoms with Gasteiger partial charge >= 0.3 is 5.91 Å². The number of aromatic nitrogens is 3. The second-order valence-corrected chi connectivity index (χ2v) is 12.3. The van der Waals surface area contributed by atoms with Crippen molar-refractivity contribution in [2.24, 2.45) is 15.0 Å². The van der Waals surface area contributed by atoms with Gasteiger partial charge in [-0.3, -0.25) is 38.8 Å². The summed E-state index contributed by atoms with van der Waals surface area (Å²) in [6.07, 6.45) is -0.266. The number of amidine groups is 1. The second kappa shape index (κ2) is 259. The van der Waals surface area contributed by atoms with Crippen LogP contribution in [0.15, 0.2) is 63.5 Å². The third-order valence-corrected chi connectivity index (χ3v) is 10.2. The van der Waals surface area contributed by atoms with E-state index in [2.05, 4.69) is 92.6 Å². The number of hydrogen-bond donors (Lipinski definition) is 1. The summed E-state index contributed by atoms with van der Waals surface area (Å²) in [5.41, 5.74) is 8.92. The number of nitrogens with zero attached hydrogens (tertiary/aromatic N) is 7. The summed E-state index contributed by atoms with van der Waals surface area (Å²) in [5, 5.41) is 6.14. The maximum atomic E-state index is 5.51. The number of fused-ring (bicyclic) bond motifs is 12. The van der Waals surface area contributed by atoms with Crippen LogP contribution in [0.2, 0.25) is 0 Å². The molecule has 0 bridgehead atoms. The fraction of sp³-hybridized carbons (Fsp3) is 0.295. The van der Waals surface area contributed by atoms with Crippen LogP contribution < -0.4 is 26.9 Å². The van der Waals surface area contributed by atoms with Gasteiger partial charge in [-0.1, -0.05) is 97.7 Å². The Kier molecular flexibility index (Phi) is 887. The Morgan fingerprint density at radius 3 is 0.793 bits per heavy atom. The Balaban J connectivity index is -0.00000000735. The molecule has 3 aromatic heterocycles. The summed E-state index contributed by atoms with van der Waals surface area (Å²) in [6.45, 7) is 22.5. The largest absolute Gasteiger partial charge is 0.406 e. The molecule has 7 aromatic rings. The molecule has 8 nitrogen and oxygen atoms in total. The zero-order valence-electron chi connectivity index (χ0n) is 71.7. The zero-order chi connectivity index (χ0) is 36.8. The molecule has 121 heavy (non-hydrogen) atoms. The normalized spacial score (nSPS) is 7.71. The van der Waals surface area contributed by atoms with Crippen LogP contribution in [0, 0.1) is 51.1 Å². The molecule has 5 aliphatic heterocycles. The SMILES string of the molecule is CC.CC.CC.CC.Cc1cc[c-]c2c3n4c(c12)N=c1c2c(C)cc[c-]c2c2n1C41n4c(c5[c-]ccc(C)c5c4=N3)=[NH+]C3c4[c-]cc[c-]c4C(=[N+]31)N=2.[Y].[Y].[Y].[Y].[Y].[Y].[Y].[Y].[Y].[Y].[Y].[Y].[Y].[Y].[Y].[Y].[Y].[Y].[Y].[Y].[Y].[Y].[Y].[Y].[Y].[Y].[Y].[Y].[Y].[Y].[Y].[Y].[Y].[Y].[Y].[Y].[Y].[Y].[Y].[Y].[Y].[Y].[Y].[Y].[Y].[Y].[Y].[Y].[Y].[Y].[Y].[Y].[Y].[Y].[Y].[Y].[Y].[Y].[Y].[Y].[Y].[Y].[Y].[Y].[Y].[Y].[Y].[Y].[Y]. The quantitative estimate of drug-likeness (QED) is 0.156. The van der Waals surface area contributed by atoms with Gasteiger partial charge in [0.05, 0.1) is 5.82 Å². The van der Waals surface area contributed by atoms with Crippen LogP contribution in [0.1, 0.15) is 89.4 Å². The Hall–Kier alpha value is 70.5. The van der Waals surface area contributed by atoms with Crippen LogP contribution in [0.5, 0.6) is 0 Å². The van der Waals surface area contributed by atoms with Crippen LogP contribution >= 0.6 is 0 Å². The molecular weight excluding hydrogens is 6780 g/mol. The molecule has 0 amide bonds. The van der Waals surface area contributed by atoms with Gasteiger partial charge in [-0.15, -0.1) is 76.3 Å². The van der Waals surface area contributed by atoms with Crippen molar-refractivity contribution in [1.82, 2.24) is 13.7 Å². The van der Waals surface area contributed by atoms with E-state index in [1.165, 1.54) is 0 Å². The monoisotopic (exact) mass is 6820 g/mol. The third kappa shape index (κ3) is 131. The first-order valence-electron chi connectivity index (χ1n) is 18.8. The van der Waals surface area contributed by atoms with E-state index in [0.29, 0.717) is 0 Å². The van der Waals surface area contributed by atoms with Gasteiger partial charge in [0.15, 0.2) is 23.0 Å². The molecule has 0 saturated heterocycles. The molecule has 69 radical (unpaired) electrons. The first-order chi connectivity index (χ1) is 25.6. The van der Waals surface area contributed by atoms with E-state index in [-0.39, 0.29) is 2260 Å². The molecule has 1 N–H and O–H groups in total. The first-order valence-corrected chi connectivity index (χ1v) is 18.8. The molecule has 0 fully saturated rings. The summed E-state index contributed by atoms with van der Waals surface area (Å²) in [5.74, 6) is 1.58. The number of hydrogen-bond acceptors (Lipinski definition) is 3. The van der Waals surface area contributed by atoms with Crippen molar-refractivity contribution < 1.29 is 2270 Å². The van der Waals surface area contributed by atoms with E-state index in [1.54, 1.807) is 0 Å². The van der Waals surface area contributed by atoms with Crippen LogP contribution in [0.25, 0.3) is 32.3 Å². The van der Waals surface area contributed by atoms with Gasteiger partial charge in [-0.05, 0) is 10.8 Å². The number of aryl methyl sites for hydroxylation is 3. The maximum Gasteiger partial charge on any atom is 0.406 e. The summed E-state index contributed by atoms with van der Waals surface area (Å²) >= 11 is 0. The molecule has 8 heterocycles. The van der Waals surface area contributed by atoms with E-state index < -0.39 is 5.91 Å². The second-order valence-electron chi connectivity index (χ2n) is 12.3. The van der Waals surface area contributed by atoms with Crippen LogP contribution in [0.4, 0.5) is 11.6 Å². The summed E-state index contributed by atoms with van der Waals surface area (Å²) in [4.78, 5) is 20.4. The van der Waals surface area contributed by atoms with Crippen LogP contribution in [-0.4, -0.2) is 24.1 Å². The number of benzene rings is 4. The molecule has 12 rings (SSSR count). The fourth-order valence-corrected chi connectivity index (χ4v) is 8.51. The summed E-state index contributed by atoms with van der Waals surface area (Å²) in [6, 6.07) is 34.0. The van der Waals surface area contributed by atoms with E-state index in [9.17, 15) is 0 Å². The molecular formula is C44H43N8Y69-3. The van der Waals surface area contributed by atoms with Gasteiger partial charge in [0.1, 0.15) is 11.3 Å². The van der Waals surface area contributed by atoms with E-state index in [1.807, 2.05) is 85.7 Å². The molecule has 4 aromatic carbocycles. The van der Waals surface area contributed by atoms with Gasteiger partial charge in [0.25, 0.3) is 0 Å². The number of nitrogens with one attached hydrogen (secondary N) is 1. The van der Waals surface area contributed by atoms with Gasteiger partial charge in [0.2, 0.25) is 5.49 Å². The predicted octanol–water partition coefficient (Wildman–Crippen LogP) is 5.42. The molecule has 5 aliphatic rings. The molecule has 0 saturated carbocycles. The molecule has 2 unspecified atom stereocenters. The minimum absolute atomic E-state index is 0. The minimum atomic E-state index is -0.977. The van der Waals surface area contributed by atoms with Crippen molar-refractivity contribution in [3.8, 4) is 0 Å². The predicted molar refractivity (Wildman–Crippen MR) is 204 cm³/mol. The molecule has 469 valence electrons. The van der Waals surface area contributed by atoms with Gasteiger partial charge in [0, 0.05) is 2260 Å². The number of rotatable bonds is 0. The zero-order valence-corrected chi connectivity index (χ0v) is 268. The van der Waals surface area contributed by atoms with E-state index in [0.717, 1.165) is 99.6 Å². The Bertz CT molecular complexity index is 3050. The maximum absolute atomic E-state index is 5.51. The van der Waals surface area contributed by atoms with Crippen molar-refractivity contribution in [3.05, 3.63) is 129 Å². The standard InChI is InChI=1S/C36H18N8.4C2H6.69Y/c1-17-9-6-14-22-25(17)33-39-32-24-16-8-11-19(3)27(24)35-40-34-26-18(2)10-7-15-23(26)31-38-29-21-13-5-4-12-20(21)28-37-30(22)42(33)36(41(28)29,43(31)34)44(32)35;4*1-2;;;;;;;;;;;;;;;;;;;;;;;;;;;;;;;;;;;;;;;;;;;;;;;;;;;;;;;;;;;;;;;;;;;;;/h4-11,28H,1-3H3;4*1-2H3;;;;;;;;;;;;;;;;;;;;;;;;;;;;;;;;;;;;;;;;;;;;;;;;;;;;;;;;;;;;;;;;;;;;;/q-4;;;;;;;;;;;;;;;;;;;;;;;;;;;;;;;;;;;;;;;;;;;;;;;;;;;;;;;;;;;;;;;;;;;;;;;;;/p+1. The molecule has 0 aliphatic carbocycles. The van der Waals surface area contributed by atoms with Crippen molar-refractivity contribution >= 4 is 49.8 Å². The van der Waals surface area contributed by atoms with Crippen LogP contribution in [0.3, 0.4) is 0 Å². The van der Waals surface area contributed by atoms with Gasteiger partial charge in [-0.2, -0.15) is 20.3 Å².